The van der Waals surface area contributed by atoms with Crippen LogP contribution in [0.5, 0.6) is 0 Å². The second kappa shape index (κ2) is 5.22. The molecule has 1 aliphatic rings. The number of amides is 1. The molecule has 1 saturated carbocycles. The first-order chi connectivity index (χ1) is 9.33. The molecule has 1 aromatic heterocycles. The number of hydrogen-bond acceptors (Lipinski definition) is 4. The summed E-state index contributed by atoms with van der Waals surface area (Å²) in [6.45, 7) is 0.301. The molecule has 1 heterocycles. The van der Waals surface area contributed by atoms with E-state index in [0.29, 0.717) is 18.3 Å². The molecule has 1 N–H and O–H groups in total. The highest BCUT2D eigenvalue weighted by Gasteiger charge is 2.25. The maximum absolute atomic E-state index is 11.7. The van der Waals surface area contributed by atoms with Gasteiger partial charge in [-0.25, -0.2) is 0 Å². The van der Waals surface area contributed by atoms with Gasteiger partial charge in [0.1, 0.15) is 0 Å². The molecule has 0 atom stereocenters. The lowest BCUT2D eigenvalue weighted by atomic mass is 9.85. The molecule has 0 saturated heterocycles. The third kappa shape index (κ3) is 2.65. The van der Waals surface area contributed by atoms with Gasteiger partial charge in [-0.15, -0.1) is 0 Å². The van der Waals surface area contributed by atoms with E-state index in [2.05, 4.69) is 15.5 Å². The fourth-order valence-corrected chi connectivity index (χ4v) is 2.01. The summed E-state index contributed by atoms with van der Waals surface area (Å²) < 4.78 is 5.13. The van der Waals surface area contributed by atoms with E-state index < -0.39 is 0 Å². The minimum atomic E-state index is 0.0886. The van der Waals surface area contributed by atoms with Crippen LogP contribution in [-0.2, 0) is 11.3 Å². The molecule has 19 heavy (non-hydrogen) atoms. The van der Waals surface area contributed by atoms with Gasteiger partial charge < -0.3 is 9.84 Å². The molecule has 5 nitrogen and oxygen atoms in total. The second-order valence-electron chi connectivity index (χ2n) is 4.72. The fraction of sp³-hybridized carbons (Fsp3) is 0.357. The molecule has 2 aromatic rings. The predicted molar refractivity (Wildman–Crippen MR) is 68.9 cm³/mol. The zero-order chi connectivity index (χ0) is 13.1. The van der Waals surface area contributed by atoms with Crippen molar-refractivity contribution in [2.45, 2.75) is 25.8 Å². The maximum atomic E-state index is 11.7. The molecule has 1 aliphatic carbocycles. The predicted octanol–water partition coefficient (Wildman–Crippen LogP) is 2.15. The number of carbonyl (C=O) groups is 1. The Morgan fingerprint density at radius 2 is 2.11 bits per heavy atom. The Labute approximate surface area is 111 Å². The van der Waals surface area contributed by atoms with E-state index in [1.165, 1.54) is 0 Å². The first-order valence-corrected chi connectivity index (χ1v) is 6.48. The lowest BCUT2D eigenvalue weighted by Gasteiger charge is -2.23. The van der Waals surface area contributed by atoms with Crippen LogP contribution in [0.2, 0.25) is 0 Å². The summed E-state index contributed by atoms with van der Waals surface area (Å²) in [5.41, 5.74) is 0.905. The smallest absolute Gasteiger partial charge is 0.246 e. The van der Waals surface area contributed by atoms with Crippen molar-refractivity contribution < 1.29 is 9.32 Å². The summed E-state index contributed by atoms with van der Waals surface area (Å²) in [5, 5.41) is 6.74. The summed E-state index contributed by atoms with van der Waals surface area (Å²) >= 11 is 0. The van der Waals surface area contributed by atoms with E-state index in [9.17, 15) is 4.79 Å². The van der Waals surface area contributed by atoms with E-state index in [1.54, 1.807) is 0 Å². The quantitative estimate of drug-likeness (QED) is 0.911. The molecular formula is C14H15N3O2. The summed E-state index contributed by atoms with van der Waals surface area (Å²) in [5.74, 6) is 1.25. The van der Waals surface area contributed by atoms with Crippen molar-refractivity contribution in [2.75, 3.05) is 0 Å². The monoisotopic (exact) mass is 257 g/mol. The van der Waals surface area contributed by atoms with Crippen LogP contribution in [0.15, 0.2) is 34.9 Å². The highest BCUT2D eigenvalue weighted by molar-refractivity contribution is 5.79. The van der Waals surface area contributed by atoms with Gasteiger partial charge in [0, 0.05) is 11.5 Å². The van der Waals surface area contributed by atoms with Crippen LogP contribution < -0.4 is 5.32 Å². The van der Waals surface area contributed by atoms with Gasteiger partial charge in [0.25, 0.3) is 0 Å². The van der Waals surface area contributed by atoms with Crippen molar-refractivity contribution in [1.82, 2.24) is 15.5 Å². The minimum absolute atomic E-state index is 0.0886. The van der Waals surface area contributed by atoms with E-state index >= 15 is 0 Å². The van der Waals surface area contributed by atoms with Gasteiger partial charge in [-0.3, -0.25) is 4.79 Å². The molecule has 1 aromatic carbocycles. The normalized spacial score (nSPS) is 14.9. The van der Waals surface area contributed by atoms with Gasteiger partial charge in [-0.2, -0.15) is 4.98 Å². The van der Waals surface area contributed by atoms with Crippen molar-refractivity contribution in [2.24, 2.45) is 5.92 Å². The highest BCUT2D eigenvalue weighted by Crippen LogP contribution is 2.26. The topological polar surface area (TPSA) is 68.0 Å². The van der Waals surface area contributed by atoms with Gasteiger partial charge in [0.2, 0.25) is 17.6 Å². The first kappa shape index (κ1) is 11.9. The Morgan fingerprint density at radius 1 is 1.32 bits per heavy atom. The molecule has 0 bridgehead atoms. The highest BCUT2D eigenvalue weighted by atomic mass is 16.5. The van der Waals surface area contributed by atoms with Gasteiger partial charge in [-0.1, -0.05) is 41.9 Å². The lowest BCUT2D eigenvalue weighted by Crippen LogP contribution is -2.34. The standard InChI is InChI=1S/C14H15N3O2/c18-14(11-7-4-8-11)15-9-12-16-13(17-19-12)10-5-2-1-3-6-10/h1-3,5-6,11H,4,7-9H2,(H,15,18). The van der Waals surface area contributed by atoms with Gasteiger partial charge >= 0.3 is 0 Å². The number of rotatable bonds is 4. The van der Waals surface area contributed by atoms with Crippen LogP contribution in [0, 0.1) is 5.92 Å². The van der Waals surface area contributed by atoms with Crippen LogP contribution in [0.1, 0.15) is 25.2 Å². The number of aromatic nitrogens is 2. The molecule has 0 unspecified atom stereocenters. The fourth-order valence-electron chi connectivity index (χ4n) is 2.01. The molecule has 0 aliphatic heterocycles. The zero-order valence-electron chi connectivity index (χ0n) is 10.5. The lowest BCUT2D eigenvalue weighted by molar-refractivity contribution is -0.127. The number of nitrogens with zero attached hydrogens (tertiary/aromatic N) is 2. The van der Waals surface area contributed by atoms with Crippen LogP contribution >= 0.6 is 0 Å². The molecule has 98 valence electrons. The molecule has 5 heteroatoms. The zero-order valence-corrected chi connectivity index (χ0v) is 10.5. The number of benzene rings is 1. The molecule has 0 radical (unpaired) electrons. The van der Waals surface area contributed by atoms with Crippen molar-refractivity contribution >= 4 is 5.91 Å². The van der Waals surface area contributed by atoms with E-state index in [0.717, 1.165) is 24.8 Å². The van der Waals surface area contributed by atoms with Crippen molar-refractivity contribution in [1.29, 1.82) is 0 Å². The molecule has 3 rings (SSSR count). The van der Waals surface area contributed by atoms with Gasteiger partial charge in [-0.05, 0) is 12.8 Å². The van der Waals surface area contributed by atoms with Crippen LogP contribution in [-0.4, -0.2) is 16.0 Å². The van der Waals surface area contributed by atoms with Crippen LogP contribution in [0.25, 0.3) is 11.4 Å². The summed E-state index contributed by atoms with van der Waals surface area (Å²) in [6, 6.07) is 9.61. The third-order valence-corrected chi connectivity index (χ3v) is 3.39. The van der Waals surface area contributed by atoms with E-state index in [-0.39, 0.29) is 11.8 Å². The minimum Gasteiger partial charge on any atom is -0.347 e. The van der Waals surface area contributed by atoms with Gasteiger partial charge in [0.15, 0.2) is 0 Å². The second-order valence-corrected chi connectivity index (χ2v) is 4.72. The number of nitrogens with one attached hydrogen (secondary N) is 1. The van der Waals surface area contributed by atoms with E-state index in [4.69, 9.17) is 4.52 Å². The SMILES string of the molecule is O=C(NCc1nc(-c2ccccc2)no1)C1CCC1. The molecule has 0 spiro atoms. The molecule has 1 fully saturated rings. The van der Waals surface area contributed by atoms with Crippen molar-refractivity contribution in [3.63, 3.8) is 0 Å². The van der Waals surface area contributed by atoms with Crippen LogP contribution in [0.4, 0.5) is 0 Å². The Kier molecular flexibility index (Phi) is 3.27. The summed E-state index contributed by atoms with van der Waals surface area (Å²) in [6.07, 6.45) is 3.13. The third-order valence-electron chi connectivity index (χ3n) is 3.39. The van der Waals surface area contributed by atoms with Crippen LogP contribution in [0.3, 0.4) is 0 Å². The number of carbonyl (C=O) groups excluding carboxylic acids is 1. The molecular weight excluding hydrogens is 242 g/mol. The maximum Gasteiger partial charge on any atom is 0.246 e. The summed E-state index contributed by atoms with van der Waals surface area (Å²) in [7, 11) is 0. The Balaban J connectivity index is 1.60. The average Bonchev–Trinajstić information content (AvgIpc) is 2.84. The Morgan fingerprint density at radius 3 is 2.79 bits per heavy atom. The Bertz CT molecular complexity index is 561. The largest absolute Gasteiger partial charge is 0.347 e. The van der Waals surface area contributed by atoms with Crippen molar-refractivity contribution in [3.05, 3.63) is 36.2 Å². The first-order valence-electron chi connectivity index (χ1n) is 6.48. The van der Waals surface area contributed by atoms with Gasteiger partial charge in [0.05, 0.1) is 6.54 Å². The van der Waals surface area contributed by atoms with E-state index in [1.807, 2.05) is 30.3 Å². The average molecular weight is 257 g/mol. The Hall–Kier alpha value is -2.17. The summed E-state index contributed by atoms with van der Waals surface area (Å²) in [4.78, 5) is 15.9. The van der Waals surface area contributed by atoms with Crippen molar-refractivity contribution in [3.8, 4) is 11.4 Å². The number of hydrogen-bond donors (Lipinski definition) is 1. The molecule has 1 amide bonds.